The highest BCUT2D eigenvalue weighted by Gasteiger charge is 2.45. The van der Waals surface area contributed by atoms with Gasteiger partial charge in [-0.05, 0) is 19.4 Å². The van der Waals surface area contributed by atoms with Gasteiger partial charge in [0, 0.05) is 12.7 Å². The predicted octanol–water partition coefficient (Wildman–Crippen LogP) is 3.26. The van der Waals surface area contributed by atoms with Gasteiger partial charge in [0.2, 0.25) is 5.91 Å². The van der Waals surface area contributed by atoms with Crippen molar-refractivity contribution in [3.05, 3.63) is 47.2 Å². The Kier molecular flexibility index (Phi) is 7.33. The molecule has 1 amide bonds. The Labute approximate surface area is 180 Å². The minimum absolute atomic E-state index is 0.0504. The minimum Gasteiger partial charge on any atom is -0.496 e. The highest BCUT2D eigenvalue weighted by Crippen LogP contribution is 2.38. The number of fused-ring (bicyclic) bond motifs is 1. The van der Waals surface area contributed by atoms with Crippen LogP contribution in [0.5, 0.6) is 5.75 Å². The van der Waals surface area contributed by atoms with Gasteiger partial charge in [-0.25, -0.2) is 9.79 Å². The van der Waals surface area contributed by atoms with Crippen molar-refractivity contribution in [2.75, 3.05) is 27.4 Å². The lowest BCUT2D eigenvalue weighted by atomic mass is 10.00. The number of amidine groups is 1. The number of para-hydroxylation sites is 1. The second-order valence-electron chi connectivity index (χ2n) is 6.79. The highest BCUT2D eigenvalue weighted by molar-refractivity contribution is 8.15. The standard InChI is InChI=1S/C22H26N2O5S/c1-5-18-20(25)24-16(11-10-15-8-6-7-9-17(15)28-4)19(14(2)23-22(24)30-18)21(26)29-13-12-27-3/h6-11,16,18H,5,12-13H2,1-4H3/b11-10+/t16-,18-/m0/s1. The van der Waals surface area contributed by atoms with Crippen molar-refractivity contribution < 1.29 is 23.8 Å². The smallest absolute Gasteiger partial charge is 0.338 e. The van der Waals surface area contributed by atoms with Gasteiger partial charge in [-0.3, -0.25) is 9.69 Å². The Bertz CT molecular complexity index is 909. The van der Waals surface area contributed by atoms with Gasteiger partial charge in [-0.2, -0.15) is 0 Å². The van der Waals surface area contributed by atoms with E-state index in [0.29, 0.717) is 35.2 Å². The molecule has 0 N–H and O–H groups in total. The molecular formula is C22H26N2O5S. The average Bonchev–Trinajstić information content (AvgIpc) is 3.07. The molecule has 2 aliphatic rings. The Morgan fingerprint density at radius 2 is 2.03 bits per heavy atom. The maximum Gasteiger partial charge on any atom is 0.338 e. The quantitative estimate of drug-likeness (QED) is 0.465. The lowest BCUT2D eigenvalue weighted by Crippen LogP contribution is -2.45. The summed E-state index contributed by atoms with van der Waals surface area (Å²) in [6.45, 7) is 4.16. The number of allylic oxidation sites excluding steroid dienone is 1. The molecule has 0 aromatic heterocycles. The summed E-state index contributed by atoms with van der Waals surface area (Å²) in [7, 11) is 3.15. The molecular weight excluding hydrogens is 404 g/mol. The lowest BCUT2D eigenvalue weighted by Gasteiger charge is -2.30. The number of carbonyl (C=O) groups is 2. The summed E-state index contributed by atoms with van der Waals surface area (Å²) >= 11 is 1.44. The third kappa shape index (κ3) is 4.44. The lowest BCUT2D eigenvalue weighted by molar-refractivity contribution is -0.141. The van der Waals surface area contributed by atoms with E-state index < -0.39 is 12.0 Å². The number of hydrogen-bond donors (Lipinski definition) is 0. The Hall–Kier alpha value is -2.58. The maximum atomic E-state index is 13.0. The van der Waals surface area contributed by atoms with E-state index in [4.69, 9.17) is 14.2 Å². The molecule has 2 aliphatic heterocycles. The summed E-state index contributed by atoms with van der Waals surface area (Å²) in [5, 5.41) is 0.412. The van der Waals surface area contributed by atoms with Crippen LogP contribution in [-0.2, 0) is 19.1 Å². The second-order valence-corrected chi connectivity index (χ2v) is 7.96. The largest absolute Gasteiger partial charge is 0.496 e. The van der Waals surface area contributed by atoms with Gasteiger partial charge in [0.1, 0.15) is 12.4 Å². The van der Waals surface area contributed by atoms with E-state index >= 15 is 0 Å². The molecule has 0 unspecified atom stereocenters. The molecule has 0 saturated carbocycles. The van der Waals surface area contributed by atoms with E-state index in [1.54, 1.807) is 26.0 Å². The summed E-state index contributed by atoms with van der Waals surface area (Å²) in [6, 6.07) is 6.96. The maximum absolute atomic E-state index is 13.0. The third-order valence-electron chi connectivity index (χ3n) is 4.90. The number of esters is 1. The van der Waals surface area contributed by atoms with Crippen LogP contribution in [-0.4, -0.2) is 60.7 Å². The first-order chi connectivity index (χ1) is 14.5. The van der Waals surface area contributed by atoms with Crippen molar-refractivity contribution in [2.45, 2.75) is 31.6 Å². The third-order valence-corrected chi connectivity index (χ3v) is 6.22. The van der Waals surface area contributed by atoms with E-state index in [9.17, 15) is 9.59 Å². The van der Waals surface area contributed by atoms with Crippen molar-refractivity contribution in [3.8, 4) is 5.75 Å². The SMILES string of the molecule is CC[C@@H]1SC2=NC(C)=C(C(=O)OCCOC)[C@H](/C=C/c3ccccc3OC)N2C1=O. The number of amides is 1. The number of carbonyl (C=O) groups excluding carboxylic acids is 2. The molecule has 8 heteroatoms. The number of aliphatic imine (C=N–C) groups is 1. The zero-order chi connectivity index (χ0) is 21.7. The molecule has 2 atom stereocenters. The molecule has 0 aliphatic carbocycles. The monoisotopic (exact) mass is 430 g/mol. The topological polar surface area (TPSA) is 77.4 Å². The summed E-state index contributed by atoms with van der Waals surface area (Å²) < 4.78 is 15.7. The zero-order valence-corrected chi connectivity index (χ0v) is 18.4. The van der Waals surface area contributed by atoms with Gasteiger partial charge >= 0.3 is 5.97 Å². The van der Waals surface area contributed by atoms with Gasteiger partial charge in [0.05, 0.1) is 36.3 Å². The van der Waals surface area contributed by atoms with Crippen LogP contribution >= 0.6 is 11.8 Å². The fraction of sp³-hybridized carbons (Fsp3) is 0.409. The first-order valence-corrected chi connectivity index (χ1v) is 10.7. The summed E-state index contributed by atoms with van der Waals surface area (Å²) in [6.07, 6.45) is 4.38. The molecule has 0 radical (unpaired) electrons. The van der Waals surface area contributed by atoms with Crippen LogP contribution in [0.2, 0.25) is 0 Å². The fourth-order valence-corrected chi connectivity index (χ4v) is 4.51. The fourth-order valence-electron chi connectivity index (χ4n) is 3.37. The van der Waals surface area contributed by atoms with Crippen molar-refractivity contribution >= 4 is 34.9 Å². The van der Waals surface area contributed by atoms with Crippen LogP contribution < -0.4 is 4.74 Å². The van der Waals surface area contributed by atoms with Gasteiger partial charge in [0.15, 0.2) is 5.17 Å². The normalized spacial score (nSPS) is 21.1. The number of benzene rings is 1. The van der Waals surface area contributed by atoms with E-state index in [2.05, 4.69) is 4.99 Å². The number of ether oxygens (including phenoxy) is 3. The molecule has 1 aromatic carbocycles. The van der Waals surface area contributed by atoms with Gasteiger partial charge in [-0.15, -0.1) is 0 Å². The van der Waals surface area contributed by atoms with Gasteiger partial charge in [0.25, 0.3) is 0 Å². The first kappa shape index (κ1) is 22.1. The molecule has 0 spiro atoms. The predicted molar refractivity (Wildman–Crippen MR) is 117 cm³/mol. The first-order valence-electron chi connectivity index (χ1n) is 9.78. The molecule has 160 valence electrons. The van der Waals surface area contributed by atoms with Crippen molar-refractivity contribution in [3.63, 3.8) is 0 Å². The number of rotatable bonds is 8. The van der Waals surface area contributed by atoms with E-state index in [-0.39, 0.29) is 17.8 Å². The van der Waals surface area contributed by atoms with Crippen molar-refractivity contribution in [1.82, 2.24) is 4.90 Å². The zero-order valence-electron chi connectivity index (χ0n) is 17.6. The molecule has 2 heterocycles. The van der Waals surface area contributed by atoms with E-state index in [1.165, 1.54) is 11.8 Å². The average molecular weight is 431 g/mol. The Morgan fingerprint density at radius 1 is 1.27 bits per heavy atom. The Balaban J connectivity index is 1.99. The van der Waals surface area contributed by atoms with Crippen LogP contribution in [0, 0.1) is 0 Å². The summed E-state index contributed by atoms with van der Waals surface area (Å²) in [4.78, 5) is 32.0. The van der Waals surface area contributed by atoms with Crippen LogP contribution in [0.25, 0.3) is 6.08 Å². The van der Waals surface area contributed by atoms with Crippen LogP contribution in [0.3, 0.4) is 0 Å². The number of thioether (sulfide) groups is 1. The molecule has 1 aromatic rings. The molecule has 3 rings (SSSR count). The van der Waals surface area contributed by atoms with Crippen molar-refractivity contribution in [1.29, 1.82) is 0 Å². The van der Waals surface area contributed by atoms with E-state index in [0.717, 1.165) is 5.56 Å². The van der Waals surface area contributed by atoms with Crippen LogP contribution in [0.15, 0.2) is 46.6 Å². The second kappa shape index (κ2) is 9.95. The van der Waals surface area contributed by atoms with E-state index in [1.807, 2.05) is 43.3 Å². The minimum atomic E-state index is -0.603. The molecule has 1 saturated heterocycles. The summed E-state index contributed by atoms with van der Waals surface area (Å²) in [5.74, 6) is 0.155. The number of nitrogens with zero attached hydrogens (tertiary/aromatic N) is 2. The van der Waals surface area contributed by atoms with Crippen molar-refractivity contribution in [2.24, 2.45) is 4.99 Å². The Morgan fingerprint density at radius 3 is 2.73 bits per heavy atom. The highest BCUT2D eigenvalue weighted by atomic mass is 32.2. The molecule has 1 fully saturated rings. The van der Waals surface area contributed by atoms with Gasteiger partial charge in [-0.1, -0.05) is 49.0 Å². The number of methoxy groups -OCH3 is 2. The molecule has 7 nitrogen and oxygen atoms in total. The summed E-state index contributed by atoms with van der Waals surface area (Å²) in [5.41, 5.74) is 1.75. The van der Waals surface area contributed by atoms with Gasteiger partial charge < -0.3 is 14.2 Å². The van der Waals surface area contributed by atoms with Crippen LogP contribution in [0.4, 0.5) is 0 Å². The van der Waals surface area contributed by atoms with Crippen LogP contribution in [0.1, 0.15) is 25.8 Å². The molecule has 0 bridgehead atoms. The molecule has 30 heavy (non-hydrogen) atoms. The number of hydrogen-bond acceptors (Lipinski definition) is 7.